The minimum absolute atomic E-state index is 0.0299. The summed E-state index contributed by atoms with van der Waals surface area (Å²) < 4.78 is 3.54. The summed E-state index contributed by atoms with van der Waals surface area (Å²) in [6.07, 6.45) is 0. The summed E-state index contributed by atoms with van der Waals surface area (Å²) in [4.78, 5) is 0. The molecule has 7 rings (SSSR count). The number of halogens is 1. The van der Waals surface area contributed by atoms with E-state index in [1.165, 1.54) is 65.3 Å². The highest BCUT2D eigenvalue weighted by Gasteiger charge is 2.36. The van der Waals surface area contributed by atoms with Crippen LogP contribution >= 0.6 is 15.9 Å². The smallest absolute Gasteiger partial charge is 0.0541 e. The molecule has 6 aromatic rings. The fraction of sp³-hybridized carbons (Fsp3) is 0.143. The summed E-state index contributed by atoms with van der Waals surface area (Å²) in [5.41, 5.74) is 11.6. The predicted octanol–water partition coefficient (Wildman–Crippen LogP) is 10.5. The van der Waals surface area contributed by atoms with Gasteiger partial charge in [-0.3, -0.25) is 0 Å². The number of hydrogen-bond acceptors (Lipinski definition) is 0. The van der Waals surface area contributed by atoms with Crippen molar-refractivity contribution in [2.24, 2.45) is 0 Å². The minimum atomic E-state index is -0.0299. The second-order valence-corrected chi connectivity index (χ2v) is 10.8. The summed E-state index contributed by atoms with van der Waals surface area (Å²) in [7, 11) is 0. The lowest BCUT2D eigenvalue weighted by atomic mass is 9.81. The van der Waals surface area contributed by atoms with Gasteiger partial charge < -0.3 is 4.57 Å². The molecule has 0 aliphatic heterocycles. The minimum Gasteiger partial charge on any atom is -0.309 e. The molecular weight excluding hydrogens is 514 g/mol. The largest absolute Gasteiger partial charge is 0.309 e. The summed E-state index contributed by atoms with van der Waals surface area (Å²) in [5, 5.41) is 2.57. The maximum absolute atomic E-state index is 3.80. The Labute approximate surface area is 227 Å². The molecule has 0 N–H and O–H groups in total. The average Bonchev–Trinajstić information content (AvgIpc) is 3.39. The van der Waals surface area contributed by atoms with Crippen LogP contribution in [0.25, 0.3) is 49.7 Å². The molecule has 0 atom stereocenters. The van der Waals surface area contributed by atoms with Gasteiger partial charge in [0.05, 0.1) is 11.0 Å². The van der Waals surface area contributed by atoms with Crippen molar-refractivity contribution in [2.45, 2.75) is 33.1 Å². The number of benzene rings is 5. The molecule has 1 aromatic heterocycles. The first-order chi connectivity index (χ1) is 18.0. The number of para-hydroxylation sites is 2. The van der Waals surface area contributed by atoms with Gasteiger partial charge in [0.25, 0.3) is 0 Å². The van der Waals surface area contributed by atoms with E-state index >= 15 is 0 Å². The fourth-order valence-corrected chi connectivity index (χ4v) is 6.51. The highest BCUT2D eigenvalue weighted by molar-refractivity contribution is 9.10. The molecule has 2 heteroatoms. The van der Waals surface area contributed by atoms with Crippen molar-refractivity contribution in [1.82, 2.24) is 4.57 Å². The van der Waals surface area contributed by atoms with Gasteiger partial charge in [-0.1, -0.05) is 110 Å². The van der Waals surface area contributed by atoms with Crippen molar-refractivity contribution in [1.29, 1.82) is 0 Å². The number of fused-ring (bicyclic) bond motifs is 6. The SMILES string of the molecule is CC.CC1(C)c2cc(-c3ccc4c(c3)c3ccccc3n4-c3ccccc3)ccc2-c2c(Br)cccc21. The summed E-state index contributed by atoms with van der Waals surface area (Å²) in [6.45, 7) is 8.68. The van der Waals surface area contributed by atoms with Crippen molar-refractivity contribution >= 4 is 37.7 Å². The zero-order valence-electron chi connectivity index (χ0n) is 21.7. The van der Waals surface area contributed by atoms with Gasteiger partial charge in [-0.15, -0.1) is 0 Å². The number of nitrogens with zero attached hydrogens (tertiary/aromatic N) is 1. The van der Waals surface area contributed by atoms with Crippen LogP contribution in [0.1, 0.15) is 38.8 Å². The first-order valence-electron chi connectivity index (χ1n) is 13.1. The predicted molar refractivity (Wildman–Crippen MR) is 163 cm³/mol. The van der Waals surface area contributed by atoms with Crippen LogP contribution in [0.2, 0.25) is 0 Å². The molecule has 0 unspecified atom stereocenters. The normalized spacial score (nSPS) is 13.2. The number of rotatable bonds is 2. The summed E-state index contributed by atoms with van der Waals surface area (Å²) in [5.74, 6) is 0. The Bertz CT molecular complexity index is 1770. The van der Waals surface area contributed by atoms with Gasteiger partial charge in [-0.05, 0) is 70.3 Å². The third-order valence-electron chi connectivity index (χ3n) is 7.67. The molecule has 37 heavy (non-hydrogen) atoms. The van der Waals surface area contributed by atoms with E-state index in [0.29, 0.717) is 0 Å². The zero-order valence-corrected chi connectivity index (χ0v) is 23.3. The molecule has 0 radical (unpaired) electrons. The quantitative estimate of drug-likeness (QED) is 0.204. The van der Waals surface area contributed by atoms with E-state index in [4.69, 9.17) is 0 Å². The van der Waals surface area contributed by atoms with Crippen LogP contribution in [0.15, 0.2) is 114 Å². The van der Waals surface area contributed by atoms with E-state index in [1.807, 2.05) is 13.8 Å². The van der Waals surface area contributed by atoms with Crippen LogP contribution in [0.4, 0.5) is 0 Å². The Morgan fingerprint density at radius 2 is 1.27 bits per heavy atom. The summed E-state index contributed by atoms with van der Waals surface area (Å²) >= 11 is 3.80. The zero-order chi connectivity index (χ0) is 25.7. The lowest BCUT2D eigenvalue weighted by Gasteiger charge is -2.22. The van der Waals surface area contributed by atoms with Crippen LogP contribution < -0.4 is 0 Å². The molecule has 0 fully saturated rings. The molecule has 1 aliphatic rings. The second kappa shape index (κ2) is 9.04. The van der Waals surface area contributed by atoms with Crippen LogP contribution in [0, 0.1) is 0 Å². The van der Waals surface area contributed by atoms with Gasteiger partial charge in [-0.2, -0.15) is 0 Å². The lowest BCUT2D eigenvalue weighted by molar-refractivity contribution is 0.660. The van der Waals surface area contributed by atoms with E-state index in [9.17, 15) is 0 Å². The van der Waals surface area contributed by atoms with E-state index in [0.717, 1.165) is 0 Å². The molecule has 1 nitrogen and oxygen atoms in total. The Hall–Kier alpha value is -3.62. The van der Waals surface area contributed by atoms with Crippen LogP contribution in [0.3, 0.4) is 0 Å². The molecule has 0 saturated heterocycles. The Kier molecular flexibility index (Phi) is 5.81. The van der Waals surface area contributed by atoms with Crippen molar-refractivity contribution in [3.63, 3.8) is 0 Å². The standard InChI is InChI=1S/C33H24BrN.C2H6/c1-33(2)27-12-8-13-29(34)32(27)25-17-15-22(20-28(25)33)21-16-18-31-26(19-21)24-11-6-7-14-30(24)35(31)23-9-4-3-5-10-23;1-2/h3-20H,1-2H3;1-2H3. The first kappa shape index (κ1) is 23.8. The molecule has 5 aromatic carbocycles. The van der Waals surface area contributed by atoms with Gasteiger partial charge in [0.15, 0.2) is 0 Å². The summed E-state index contributed by atoms with van der Waals surface area (Å²) in [6, 6.07) is 39.8. The molecule has 1 aliphatic carbocycles. The number of aromatic nitrogens is 1. The molecule has 0 spiro atoms. The monoisotopic (exact) mass is 543 g/mol. The lowest BCUT2D eigenvalue weighted by Crippen LogP contribution is -2.14. The van der Waals surface area contributed by atoms with Crippen molar-refractivity contribution in [3.05, 3.63) is 125 Å². The highest BCUT2D eigenvalue weighted by Crippen LogP contribution is 2.52. The maximum Gasteiger partial charge on any atom is 0.0541 e. The van der Waals surface area contributed by atoms with E-state index < -0.39 is 0 Å². The van der Waals surface area contributed by atoms with Gasteiger partial charge in [-0.25, -0.2) is 0 Å². The van der Waals surface area contributed by atoms with Gasteiger partial charge >= 0.3 is 0 Å². The third-order valence-corrected chi connectivity index (χ3v) is 8.33. The third kappa shape index (κ3) is 3.58. The van der Waals surface area contributed by atoms with Crippen molar-refractivity contribution in [3.8, 4) is 27.9 Å². The van der Waals surface area contributed by atoms with E-state index in [1.54, 1.807) is 0 Å². The topological polar surface area (TPSA) is 4.93 Å². The highest BCUT2D eigenvalue weighted by atomic mass is 79.9. The number of hydrogen-bond donors (Lipinski definition) is 0. The second-order valence-electron chi connectivity index (χ2n) is 9.97. The van der Waals surface area contributed by atoms with Crippen LogP contribution in [-0.4, -0.2) is 4.57 Å². The molecular formula is C35H30BrN. The van der Waals surface area contributed by atoms with Gasteiger partial charge in [0.1, 0.15) is 0 Å². The Morgan fingerprint density at radius 3 is 2.08 bits per heavy atom. The average molecular weight is 545 g/mol. The molecule has 0 bridgehead atoms. The van der Waals surface area contributed by atoms with Gasteiger partial charge in [0, 0.05) is 31.9 Å². The maximum atomic E-state index is 3.80. The van der Waals surface area contributed by atoms with Gasteiger partial charge in [0.2, 0.25) is 0 Å². The molecule has 0 saturated carbocycles. The van der Waals surface area contributed by atoms with Crippen LogP contribution in [0.5, 0.6) is 0 Å². The Morgan fingerprint density at radius 1 is 0.595 bits per heavy atom. The fourth-order valence-electron chi connectivity index (χ4n) is 5.93. The van der Waals surface area contributed by atoms with Crippen LogP contribution in [-0.2, 0) is 5.41 Å². The van der Waals surface area contributed by atoms with Crippen molar-refractivity contribution < 1.29 is 0 Å². The van der Waals surface area contributed by atoms with E-state index in [2.05, 4.69) is 144 Å². The first-order valence-corrected chi connectivity index (χ1v) is 13.9. The molecule has 1 heterocycles. The van der Waals surface area contributed by atoms with E-state index in [-0.39, 0.29) is 5.41 Å². The molecule has 0 amide bonds. The van der Waals surface area contributed by atoms with Crippen molar-refractivity contribution in [2.75, 3.05) is 0 Å². The Balaban J connectivity index is 0.00000123. The molecule has 182 valence electrons.